The van der Waals surface area contributed by atoms with Crippen LogP contribution in [0.3, 0.4) is 0 Å². The molecule has 1 fully saturated rings. The Morgan fingerprint density at radius 3 is 2.53 bits per heavy atom. The van der Waals surface area contributed by atoms with Crippen LogP contribution in [0.5, 0.6) is 0 Å². The molecule has 1 aromatic carbocycles. The molecule has 1 aliphatic carbocycles. The Labute approximate surface area is 123 Å². The van der Waals surface area contributed by atoms with E-state index >= 15 is 0 Å². The van der Waals surface area contributed by atoms with E-state index in [1.165, 1.54) is 0 Å². The van der Waals surface area contributed by atoms with Crippen molar-refractivity contribution in [3.63, 3.8) is 0 Å². The number of nitrogen functional groups attached to an aromatic ring is 1. The molecule has 0 atom stereocenters. The maximum Gasteiger partial charge on any atom is 0.245 e. The summed E-state index contributed by atoms with van der Waals surface area (Å²) in [6, 6.07) is 5.07. The second-order valence-corrected chi connectivity index (χ2v) is 8.16. The molecule has 2 N–H and O–H groups in total. The van der Waals surface area contributed by atoms with Gasteiger partial charge in [-0.15, -0.1) is 0 Å². The number of anilines is 1. The van der Waals surface area contributed by atoms with Crippen molar-refractivity contribution < 1.29 is 8.42 Å². The molecule has 0 bridgehead atoms. The lowest BCUT2D eigenvalue weighted by atomic mass is 10.2. The lowest BCUT2D eigenvalue weighted by Gasteiger charge is -2.24. The third-order valence-electron chi connectivity index (χ3n) is 3.06. The van der Waals surface area contributed by atoms with Crippen molar-refractivity contribution in [3.8, 4) is 0 Å². The van der Waals surface area contributed by atoms with Gasteiger partial charge in [-0.3, -0.25) is 0 Å². The molecule has 0 saturated heterocycles. The van der Waals surface area contributed by atoms with Crippen molar-refractivity contribution in [3.05, 3.63) is 22.7 Å². The SMILES string of the molecule is CC(C)CN(C1CC1)S(=O)(=O)c1ccc(Br)cc1N. The lowest BCUT2D eigenvalue weighted by Crippen LogP contribution is -2.36. The number of benzene rings is 1. The molecule has 19 heavy (non-hydrogen) atoms. The minimum absolute atomic E-state index is 0.149. The molecule has 106 valence electrons. The summed E-state index contributed by atoms with van der Waals surface area (Å²) in [5.74, 6) is 0.298. The zero-order valence-corrected chi connectivity index (χ0v) is 13.5. The molecule has 0 spiro atoms. The van der Waals surface area contributed by atoms with Gasteiger partial charge < -0.3 is 5.73 Å². The second-order valence-electron chi connectivity index (χ2n) is 5.38. The van der Waals surface area contributed by atoms with Gasteiger partial charge in [0.1, 0.15) is 4.90 Å². The van der Waals surface area contributed by atoms with Gasteiger partial charge in [-0.1, -0.05) is 29.8 Å². The smallest absolute Gasteiger partial charge is 0.245 e. The predicted molar refractivity (Wildman–Crippen MR) is 80.3 cm³/mol. The van der Waals surface area contributed by atoms with E-state index in [2.05, 4.69) is 15.9 Å². The van der Waals surface area contributed by atoms with Crippen LogP contribution in [-0.2, 0) is 10.0 Å². The minimum Gasteiger partial charge on any atom is -0.398 e. The number of halogens is 1. The monoisotopic (exact) mass is 346 g/mol. The molecule has 1 saturated carbocycles. The number of nitrogens with two attached hydrogens (primary N) is 1. The first-order valence-corrected chi connectivity index (χ1v) is 8.62. The van der Waals surface area contributed by atoms with Gasteiger partial charge in [0.15, 0.2) is 0 Å². The average molecular weight is 347 g/mol. The first-order valence-electron chi connectivity index (χ1n) is 6.39. The van der Waals surface area contributed by atoms with Gasteiger partial charge in [-0.05, 0) is 37.0 Å². The molecule has 4 nitrogen and oxygen atoms in total. The maximum absolute atomic E-state index is 12.7. The topological polar surface area (TPSA) is 63.4 Å². The Morgan fingerprint density at radius 1 is 1.42 bits per heavy atom. The molecular weight excluding hydrogens is 328 g/mol. The van der Waals surface area contributed by atoms with E-state index < -0.39 is 10.0 Å². The molecule has 0 heterocycles. The van der Waals surface area contributed by atoms with E-state index in [1.54, 1.807) is 22.5 Å². The fourth-order valence-corrected chi connectivity index (χ4v) is 4.37. The van der Waals surface area contributed by atoms with Crippen LogP contribution < -0.4 is 5.73 Å². The van der Waals surface area contributed by atoms with Crippen LogP contribution in [0.25, 0.3) is 0 Å². The summed E-state index contributed by atoms with van der Waals surface area (Å²) in [5.41, 5.74) is 6.16. The normalized spacial score (nSPS) is 16.3. The summed E-state index contributed by atoms with van der Waals surface area (Å²) >= 11 is 3.29. The van der Waals surface area contributed by atoms with Crippen molar-refractivity contribution in [2.45, 2.75) is 37.6 Å². The van der Waals surface area contributed by atoms with Crippen LogP contribution in [0.4, 0.5) is 5.69 Å². The third kappa shape index (κ3) is 3.30. The van der Waals surface area contributed by atoms with Gasteiger partial charge in [-0.2, -0.15) is 4.31 Å². The van der Waals surface area contributed by atoms with Crippen LogP contribution in [0, 0.1) is 5.92 Å². The fraction of sp³-hybridized carbons (Fsp3) is 0.538. The van der Waals surface area contributed by atoms with Gasteiger partial charge >= 0.3 is 0 Å². The van der Waals surface area contributed by atoms with Crippen LogP contribution in [0.15, 0.2) is 27.6 Å². The molecule has 0 radical (unpaired) electrons. The number of hydrogen-bond acceptors (Lipinski definition) is 3. The van der Waals surface area contributed by atoms with Crippen LogP contribution in [0.1, 0.15) is 26.7 Å². The fourth-order valence-electron chi connectivity index (χ4n) is 2.05. The van der Waals surface area contributed by atoms with E-state index in [0.717, 1.165) is 17.3 Å². The van der Waals surface area contributed by atoms with Gasteiger partial charge in [-0.25, -0.2) is 8.42 Å². The molecule has 0 aliphatic heterocycles. The molecule has 1 aromatic rings. The Balaban J connectivity index is 2.38. The zero-order valence-electron chi connectivity index (χ0n) is 11.1. The summed E-state index contributed by atoms with van der Waals surface area (Å²) in [6.45, 7) is 4.59. The minimum atomic E-state index is -3.49. The Kier molecular flexibility index (Phi) is 4.23. The first-order chi connectivity index (χ1) is 8.82. The Hall–Kier alpha value is -0.590. The standard InChI is InChI=1S/C13H19BrN2O2S/c1-9(2)8-16(11-4-5-11)19(17,18)13-6-3-10(14)7-12(13)15/h3,6-7,9,11H,4-5,8,15H2,1-2H3. The maximum atomic E-state index is 12.7. The van der Waals surface area contributed by atoms with Gasteiger partial charge in [0.2, 0.25) is 10.0 Å². The predicted octanol–water partition coefficient (Wildman–Crippen LogP) is 2.84. The van der Waals surface area contributed by atoms with Crippen molar-refractivity contribution in [2.24, 2.45) is 5.92 Å². The van der Waals surface area contributed by atoms with Crippen LogP contribution in [0.2, 0.25) is 0 Å². The highest BCUT2D eigenvalue weighted by atomic mass is 79.9. The molecule has 0 amide bonds. The van der Waals surface area contributed by atoms with Crippen molar-refractivity contribution >= 4 is 31.6 Å². The van der Waals surface area contributed by atoms with Crippen molar-refractivity contribution in [1.29, 1.82) is 0 Å². The number of rotatable bonds is 5. The summed E-state index contributed by atoms with van der Waals surface area (Å²) in [6.07, 6.45) is 1.89. The second kappa shape index (κ2) is 5.42. The van der Waals surface area contributed by atoms with E-state index in [-0.39, 0.29) is 10.9 Å². The summed E-state index contributed by atoms with van der Waals surface area (Å²) in [5, 5.41) is 0. The summed E-state index contributed by atoms with van der Waals surface area (Å²) < 4.78 is 27.8. The van der Waals surface area contributed by atoms with E-state index in [1.807, 2.05) is 13.8 Å². The molecule has 1 aliphatic rings. The Bertz CT molecular complexity index is 568. The molecule has 0 aromatic heterocycles. The zero-order chi connectivity index (χ0) is 14.2. The molecule has 6 heteroatoms. The Morgan fingerprint density at radius 2 is 2.05 bits per heavy atom. The number of hydrogen-bond donors (Lipinski definition) is 1. The highest BCUT2D eigenvalue weighted by molar-refractivity contribution is 9.10. The van der Waals surface area contributed by atoms with Crippen molar-refractivity contribution in [1.82, 2.24) is 4.31 Å². The van der Waals surface area contributed by atoms with Crippen molar-refractivity contribution in [2.75, 3.05) is 12.3 Å². The number of nitrogens with zero attached hydrogens (tertiary/aromatic N) is 1. The van der Waals surface area contributed by atoms with E-state index in [4.69, 9.17) is 5.73 Å². The summed E-state index contributed by atoms with van der Waals surface area (Å²) in [7, 11) is -3.49. The number of sulfonamides is 1. The van der Waals surface area contributed by atoms with Gasteiger partial charge in [0.25, 0.3) is 0 Å². The van der Waals surface area contributed by atoms with Crippen LogP contribution >= 0.6 is 15.9 Å². The molecule has 2 rings (SSSR count). The largest absolute Gasteiger partial charge is 0.398 e. The van der Waals surface area contributed by atoms with Gasteiger partial charge in [0.05, 0.1) is 5.69 Å². The average Bonchev–Trinajstić information content (AvgIpc) is 3.08. The van der Waals surface area contributed by atoms with Crippen LogP contribution in [-0.4, -0.2) is 25.3 Å². The van der Waals surface area contributed by atoms with Gasteiger partial charge in [0, 0.05) is 17.1 Å². The quantitative estimate of drug-likeness (QED) is 0.833. The lowest BCUT2D eigenvalue weighted by molar-refractivity contribution is 0.360. The highest BCUT2D eigenvalue weighted by Crippen LogP contribution is 2.34. The third-order valence-corrected chi connectivity index (χ3v) is 5.54. The highest BCUT2D eigenvalue weighted by Gasteiger charge is 2.38. The molecule has 0 unspecified atom stereocenters. The van der Waals surface area contributed by atoms with E-state index in [0.29, 0.717) is 18.2 Å². The summed E-state index contributed by atoms with van der Waals surface area (Å²) in [4.78, 5) is 0.211. The molecular formula is C13H19BrN2O2S. The van der Waals surface area contributed by atoms with E-state index in [9.17, 15) is 8.42 Å². The first kappa shape index (κ1) is 14.8.